The number of thiophene rings is 1. The van der Waals surface area contributed by atoms with Gasteiger partial charge in [0.15, 0.2) is 17.1 Å². The second kappa shape index (κ2) is 8.40. The lowest BCUT2D eigenvalue weighted by atomic mass is 10.1. The number of aromatic nitrogens is 7. The highest BCUT2D eigenvalue weighted by molar-refractivity contribution is 7.08. The van der Waals surface area contributed by atoms with Gasteiger partial charge in [-0.15, -0.1) is 0 Å². The van der Waals surface area contributed by atoms with Gasteiger partial charge in [0.05, 0.1) is 10.9 Å². The Hall–Kier alpha value is -4.02. The summed E-state index contributed by atoms with van der Waals surface area (Å²) in [5, 5.41) is 14.7. The molecule has 0 radical (unpaired) electrons. The summed E-state index contributed by atoms with van der Waals surface area (Å²) in [5.41, 5.74) is 6.06. The molecule has 6 aromatic rings. The molecule has 0 saturated heterocycles. The van der Waals surface area contributed by atoms with Crippen LogP contribution in [0, 0.1) is 5.82 Å². The van der Waals surface area contributed by atoms with Crippen LogP contribution in [-0.4, -0.2) is 41.7 Å². The number of nitrogens with zero attached hydrogens (tertiary/aromatic N) is 5. The van der Waals surface area contributed by atoms with Crippen molar-refractivity contribution in [2.24, 2.45) is 0 Å². The fourth-order valence-corrected chi connectivity index (χ4v) is 4.67. The fourth-order valence-electron chi connectivity index (χ4n) is 4.01. The molecule has 0 unspecified atom stereocenters. The zero-order valence-electron chi connectivity index (χ0n) is 18.1. The predicted octanol–water partition coefficient (Wildman–Crippen LogP) is 4.94. The van der Waals surface area contributed by atoms with Crippen LogP contribution in [0.1, 0.15) is 12.5 Å². The van der Waals surface area contributed by atoms with Gasteiger partial charge in [-0.3, -0.25) is 10.1 Å². The number of hydrogen-bond acceptors (Lipinski definition) is 7. The maximum atomic E-state index is 15.9. The van der Waals surface area contributed by atoms with Gasteiger partial charge in [-0.05, 0) is 46.6 Å². The molecule has 0 aliphatic heterocycles. The largest absolute Gasteiger partial charge is 0.335 e. The van der Waals surface area contributed by atoms with Gasteiger partial charge in [-0.1, -0.05) is 6.92 Å². The van der Waals surface area contributed by atoms with Gasteiger partial charge in [0.2, 0.25) is 0 Å². The van der Waals surface area contributed by atoms with Crippen LogP contribution < -0.4 is 5.32 Å². The molecule has 6 rings (SSSR count). The molecule has 0 amide bonds. The first kappa shape index (κ1) is 20.6. The van der Waals surface area contributed by atoms with E-state index in [0.29, 0.717) is 34.8 Å². The van der Waals surface area contributed by atoms with E-state index in [4.69, 9.17) is 0 Å². The molecule has 8 nitrogen and oxygen atoms in total. The summed E-state index contributed by atoms with van der Waals surface area (Å²) in [5.74, 6) is 0.0205. The monoisotopic (exact) mass is 470 g/mol. The van der Waals surface area contributed by atoms with E-state index < -0.39 is 5.82 Å². The first-order valence-corrected chi connectivity index (χ1v) is 11.7. The topological polar surface area (TPSA) is 108 Å². The van der Waals surface area contributed by atoms with Gasteiger partial charge < -0.3 is 10.3 Å². The summed E-state index contributed by atoms with van der Waals surface area (Å²) in [6, 6.07) is 5.89. The minimum absolute atomic E-state index is 0.269. The third-order valence-corrected chi connectivity index (χ3v) is 6.35. The number of rotatable bonds is 6. The van der Waals surface area contributed by atoms with Crippen molar-refractivity contribution >= 4 is 33.5 Å². The number of fused-ring (bicyclic) bond motifs is 2. The molecule has 0 aliphatic carbocycles. The zero-order chi connectivity index (χ0) is 23.1. The van der Waals surface area contributed by atoms with Gasteiger partial charge in [0.1, 0.15) is 11.5 Å². The average Bonchev–Trinajstić information content (AvgIpc) is 3.62. The number of imidazole rings is 1. The average molecular weight is 471 g/mol. The summed E-state index contributed by atoms with van der Waals surface area (Å²) in [7, 11) is 0. The summed E-state index contributed by atoms with van der Waals surface area (Å²) >= 11 is 1.62. The van der Waals surface area contributed by atoms with Gasteiger partial charge in [-0.2, -0.15) is 16.4 Å². The van der Waals surface area contributed by atoms with Crippen LogP contribution in [0.5, 0.6) is 0 Å². The number of halogens is 1. The van der Waals surface area contributed by atoms with Crippen LogP contribution >= 0.6 is 11.3 Å². The minimum atomic E-state index is -0.428. The third-order valence-electron chi connectivity index (χ3n) is 5.67. The second-order valence-electron chi connectivity index (χ2n) is 7.80. The molecule has 0 saturated carbocycles. The van der Waals surface area contributed by atoms with Crippen LogP contribution in [0.2, 0.25) is 0 Å². The van der Waals surface area contributed by atoms with Crippen molar-refractivity contribution in [3.8, 4) is 33.8 Å². The number of pyridine rings is 3. The number of H-pyrrole nitrogens is 2. The lowest BCUT2D eigenvalue weighted by molar-refractivity contribution is 0.642. The van der Waals surface area contributed by atoms with E-state index in [1.165, 1.54) is 6.20 Å². The Bertz CT molecular complexity index is 1620. The Morgan fingerprint density at radius 3 is 2.85 bits per heavy atom. The van der Waals surface area contributed by atoms with Crippen LogP contribution in [0.4, 0.5) is 4.39 Å². The van der Waals surface area contributed by atoms with Crippen molar-refractivity contribution in [3.63, 3.8) is 0 Å². The summed E-state index contributed by atoms with van der Waals surface area (Å²) < 4.78 is 15.9. The molecule has 0 fully saturated rings. The van der Waals surface area contributed by atoms with Crippen molar-refractivity contribution in [2.45, 2.75) is 13.5 Å². The van der Waals surface area contributed by atoms with Gasteiger partial charge in [0.25, 0.3) is 0 Å². The summed E-state index contributed by atoms with van der Waals surface area (Å²) in [6.45, 7) is 3.53. The molecule has 6 heterocycles. The Kier molecular flexibility index (Phi) is 5.08. The lowest BCUT2D eigenvalue weighted by Crippen LogP contribution is -2.11. The van der Waals surface area contributed by atoms with Crippen LogP contribution in [0.15, 0.2) is 53.7 Å². The van der Waals surface area contributed by atoms with Crippen molar-refractivity contribution in [1.29, 1.82) is 0 Å². The molecule has 0 atom stereocenters. The normalized spacial score (nSPS) is 11.6. The molecule has 0 spiro atoms. The van der Waals surface area contributed by atoms with E-state index in [1.54, 1.807) is 29.9 Å². The number of hydrogen-bond donors (Lipinski definition) is 3. The maximum absolute atomic E-state index is 15.9. The van der Waals surface area contributed by atoms with Crippen molar-refractivity contribution in [3.05, 3.63) is 65.1 Å². The molecule has 3 N–H and O–H groups in total. The quantitative estimate of drug-likeness (QED) is 0.318. The smallest absolute Gasteiger partial charge is 0.184 e. The third kappa shape index (κ3) is 3.44. The molecule has 6 aromatic heterocycles. The fraction of sp³-hybridized carbons (Fsp3) is 0.125. The molecule has 0 aromatic carbocycles. The van der Waals surface area contributed by atoms with E-state index >= 15 is 4.39 Å². The van der Waals surface area contributed by atoms with E-state index in [9.17, 15) is 0 Å². The molecule has 10 heteroatoms. The second-order valence-corrected chi connectivity index (χ2v) is 8.58. The zero-order valence-corrected chi connectivity index (χ0v) is 18.9. The highest BCUT2D eigenvalue weighted by Gasteiger charge is 2.21. The molecular formula is C24H19FN8S. The Morgan fingerprint density at radius 1 is 1.06 bits per heavy atom. The maximum Gasteiger partial charge on any atom is 0.184 e. The Balaban J connectivity index is 1.48. The molecular weight excluding hydrogens is 451 g/mol. The van der Waals surface area contributed by atoms with Gasteiger partial charge in [0, 0.05) is 48.0 Å². The van der Waals surface area contributed by atoms with Crippen molar-refractivity contribution in [2.75, 3.05) is 6.54 Å². The van der Waals surface area contributed by atoms with Crippen LogP contribution in [0.25, 0.3) is 56.0 Å². The molecule has 0 aliphatic rings. The van der Waals surface area contributed by atoms with Crippen LogP contribution in [-0.2, 0) is 6.54 Å². The Morgan fingerprint density at radius 2 is 2.00 bits per heavy atom. The molecule has 34 heavy (non-hydrogen) atoms. The molecule has 168 valence electrons. The van der Waals surface area contributed by atoms with E-state index in [0.717, 1.165) is 28.8 Å². The van der Waals surface area contributed by atoms with E-state index in [1.807, 2.05) is 30.5 Å². The van der Waals surface area contributed by atoms with Crippen LogP contribution in [0.3, 0.4) is 0 Å². The minimum Gasteiger partial charge on any atom is -0.335 e. The standard InChI is InChI=1S/C24H19FN8S/c1-2-26-8-13-7-15(10-27-9-13)17-11-29-22-18(19(17)25)21(32-33-22)24-30-20-16(14-4-6-34-12-14)3-5-28-23(20)31-24/h3-7,9-12,26H,2,8H2,1H3,(H,28,30,31)(H,29,32,33). The summed E-state index contributed by atoms with van der Waals surface area (Å²) in [6.07, 6.45) is 6.62. The SMILES string of the molecule is CCNCc1cncc(-c2cnc3n[nH]c(-c4nc5nccc(-c6ccsc6)c5[nH]4)c3c2F)c1. The summed E-state index contributed by atoms with van der Waals surface area (Å²) in [4.78, 5) is 21.0. The Labute approximate surface area is 197 Å². The first-order valence-electron chi connectivity index (χ1n) is 10.8. The number of nitrogens with one attached hydrogen (secondary N) is 3. The highest BCUT2D eigenvalue weighted by Crippen LogP contribution is 2.34. The van der Waals surface area contributed by atoms with Gasteiger partial charge >= 0.3 is 0 Å². The lowest BCUT2D eigenvalue weighted by Gasteiger charge is -2.07. The van der Waals surface area contributed by atoms with E-state index in [-0.39, 0.29) is 11.0 Å². The van der Waals surface area contributed by atoms with Crippen molar-refractivity contribution in [1.82, 2.24) is 40.4 Å². The highest BCUT2D eigenvalue weighted by atomic mass is 32.1. The van der Waals surface area contributed by atoms with E-state index in [2.05, 4.69) is 45.8 Å². The van der Waals surface area contributed by atoms with Gasteiger partial charge in [-0.25, -0.2) is 19.3 Å². The first-order chi connectivity index (χ1) is 16.7. The molecule has 0 bridgehead atoms. The van der Waals surface area contributed by atoms with Crippen molar-refractivity contribution < 1.29 is 4.39 Å². The predicted molar refractivity (Wildman–Crippen MR) is 131 cm³/mol. The number of aromatic amines is 2.